The lowest BCUT2D eigenvalue weighted by atomic mass is 10.2. The average Bonchev–Trinajstić information content (AvgIpc) is 2.35. The molecule has 1 heterocycles. The Morgan fingerprint density at radius 1 is 1.18 bits per heavy atom. The molecule has 1 aromatic heterocycles. The molecule has 0 spiro atoms. The van der Waals surface area contributed by atoms with Crippen LogP contribution in [0.25, 0.3) is 0 Å². The summed E-state index contributed by atoms with van der Waals surface area (Å²) in [5, 5.41) is 3.21. The highest BCUT2D eigenvalue weighted by Gasteiger charge is 2.01. The predicted octanol–water partition coefficient (Wildman–Crippen LogP) is 2.67. The molecule has 0 saturated heterocycles. The van der Waals surface area contributed by atoms with Gasteiger partial charge in [-0.05, 0) is 23.8 Å². The maximum atomic E-state index is 13.0. The molecule has 3 nitrogen and oxygen atoms in total. The van der Waals surface area contributed by atoms with Crippen molar-refractivity contribution < 1.29 is 4.39 Å². The molecule has 0 bridgehead atoms. The van der Waals surface area contributed by atoms with Gasteiger partial charge in [0.25, 0.3) is 0 Å². The molecule has 0 saturated carbocycles. The van der Waals surface area contributed by atoms with Crippen molar-refractivity contribution in [3.63, 3.8) is 0 Å². The Bertz CT molecular complexity index is 490. The summed E-state index contributed by atoms with van der Waals surface area (Å²) in [4.78, 5) is 7.84. The van der Waals surface area contributed by atoms with Crippen LogP contribution in [0, 0.1) is 5.82 Å². The fourth-order valence-corrected chi connectivity index (χ4v) is 1.83. The van der Waals surface area contributed by atoms with E-state index < -0.39 is 0 Å². The van der Waals surface area contributed by atoms with Crippen molar-refractivity contribution in [2.75, 3.05) is 0 Å². The highest BCUT2D eigenvalue weighted by molar-refractivity contribution is 9.10. The van der Waals surface area contributed by atoms with Gasteiger partial charge in [-0.1, -0.05) is 15.9 Å². The molecule has 0 amide bonds. The highest BCUT2D eigenvalue weighted by atomic mass is 79.9. The average molecular weight is 296 g/mol. The van der Waals surface area contributed by atoms with Crippen molar-refractivity contribution in [1.82, 2.24) is 15.3 Å². The summed E-state index contributed by atoms with van der Waals surface area (Å²) < 4.78 is 13.9. The van der Waals surface area contributed by atoms with E-state index in [1.807, 2.05) is 0 Å². The fourth-order valence-electron chi connectivity index (χ4n) is 1.44. The predicted molar refractivity (Wildman–Crippen MR) is 66.7 cm³/mol. The number of aromatic nitrogens is 2. The summed E-state index contributed by atoms with van der Waals surface area (Å²) in [6.45, 7) is 1.25. The lowest BCUT2D eigenvalue weighted by molar-refractivity contribution is 0.619. The molecular formula is C12H11BrFN3. The van der Waals surface area contributed by atoms with Gasteiger partial charge < -0.3 is 5.32 Å². The van der Waals surface area contributed by atoms with Crippen LogP contribution in [0.4, 0.5) is 4.39 Å². The molecule has 0 radical (unpaired) electrons. The Morgan fingerprint density at radius 2 is 1.94 bits per heavy atom. The second kappa shape index (κ2) is 5.84. The number of benzene rings is 1. The molecule has 2 aromatic rings. The highest BCUT2D eigenvalue weighted by Crippen LogP contribution is 2.17. The Morgan fingerprint density at radius 3 is 2.71 bits per heavy atom. The summed E-state index contributed by atoms with van der Waals surface area (Å²) in [5.74, 6) is -0.229. The Balaban J connectivity index is 1.92. The largest absolute Gasteiger partial charge is 0.308 e. The Labute approximate surface area is 107 Å². The van der Waals surface area contributed by atoms with Gasteiger partial charge in [-0.2, -0.15) is 0 Å². The van der Waals surface area contributed by atoms with E-state index >= 15 is 0 Å². The molecule has 17 heavy (non-hydrogen) atoms. The van der Waals surface area contributed by atoms with E-state index in [1.165, 1.54) is 18.5 Å². The Hall–Kier alpha value is -1.33. The van der Waals surface area contributed by atoms with Crippen LogP contribution in [0.2, 0.25) is 0 Å². The minimum Gasteiger partial charge on any atom is -0.308 e. The normalized spacial score (nSPS) is 10.5. The third-order valence-corrected chi connectivity index (χ3v) is 3.04. The number of halogens is 2. The topological polar surface area (TPSA) is 37.8 Å². The van der Waals surface area contributed by atoms with E-state index in [0.29, 0.717) is 13.1 Å². The SMILES string of the molecule is Fc1ccc(Br)c(CNCc2cncnc2)c1. The number of hydrogen-bond acceptors (Lipinski definition) is 3. The van der Waals surface area contributed by atoms with Gasteiger partial charge in [0, 0.05) is 35.5 Å². The molecular weight excluding hydrogens is 285 g/mol. The molecule has 0 aliphatic rings. The molecule has 1 N–H and O–H groups in total. The van der Waals surface area contributed by atoms with Crippen LogP contribution in [0.5, 0.6) is 0 Å². The van der Waals surface area contributed by atoms with Gasteiger partial charge in [0.05, 0.1) is 0 Å². The second-order valence-electron chi connectivity index (χ2n) is 3.59. The molecule has 88 valence electrons. The van der Waals surface area contributed by atoms with Gasteiger partial charge in [-0.25, -0.2) is 14.4 Å². The fraction of sp³-hybridized carbons (Fsp3) is 0.167. The molecule has 0 aliphatic heterocycles. The zero-order chi connectivity index (χ0) is 12.1. The summed E-state index contributed by atoms with van der Waals surface area (Å²) >= 11 is 3.39. The molecule has 0 atom stereocenters. The maximum Gasteiger partial charge on any atom is 0.123 e. The Kier molecular flexibility index (Phi) is 4.17. The van der Waals surface area contributed by atoms with Crippen molar-refractivity contribution in [2.45, 2.75) is 13.1 Å². The number of nitrogens with one attached hydrogen (secondary N) is 1. The third-order valence-electron chi connectivity index (χ3n) is 2.27. The lowest BCUT2D eigenvalue weighted by Crippen LogP contribution is -2.13. The van der Waals surface area contributed by atoms with Crippen molar-refractivity contribution in [2.24, 2.45) is 0 Å². The van der Waals surface area contributed by atoms with Crippen molar-refractivity contribution in [3.8, 4) is 0 Å². The maximum absolute atomic E-state index is 13.0. The van der Waals surface area contributed by atoms with Gasteiger partial charge in [0.15, 0.2) is 0 Å². The molecule has 0 fully saturated rings. The van der Waals surface area contributed by atoms with E-state index in [-0.39, 0.29) is 5.82 Å². The first kappa shape index (κ1) is 12.1. The lowest BCUT2D eigenvalue weighted by Gasteiger charge is -2.06. The minimum atomic E-state index is -0.229. The zero-order valence-electron chi connectivity index (χ0n) is 9.03. The quantitative estimate of drug-likeness (QED) is 0.942. The van der Waals surface area contributed by atoms with Gasteiger partial charge in [0.1, 0.15) is 12.1 Å². The van der Waals surface area contributed by atoms with Crippen molar-refractivity contribution >= 4 is 15.9 Å². The van der Waals surface area contributed by atoms with E-state index in [2.05, 4.69) is 31.2 Å². The molecule has 0 unspecified atom stereocenters. The number of hydrogen-bond donors (Lipinski definition) is 1. The zero-order valence-corrected chi connectivity index (χ0v) is 10.6. The van der Waals surface area contributed by atoms with Crippen molar-refractivity contribution in [1.29, 1.82) is 0 Å². The van der Waals surface area contributed by atoms with Crippen LogP contribution in [-0.4, -0.2) is 9.97 Å². The van der Waals surface area contributed by atoms with Crippen LogP contribution < -0.4 is 5.32 Å². The summed E-state index contributed by atoms with van der Waals surface area (Å²) in [7, 11) is 0. The summed E-state index contributed by atoms with van der Waals surface area (Å²) in [5.41, 5.74) is 1.89. The van der Waals surface area contributed by atoms with Crippen molar-refractivity contribution in [3.05, 3.63) is 58.3 Å². The monoisotopic (exact) mass is 295 g/mol. The molecule has 1 aromatic carbocycles. The smallest absolute Gasteiger partial charge is 0.123 e. The molecule has 5 heteroatoms. The van der Waals surface area contributed by atoms with E-state index in [9.17, 15) is 4.39 Å². The van der Waals surface area contributed by atoms with Crippen LogP contribution in [0.1, 0.15) is 11.1 Å². The van der Waals surface area contributed by atoms with E-state index in [4.69, 9.17) is 0 Å². The summed E-state index contributed by atoms with van der Waals surface area (Å²) in [6, 6.07) is 4.65. The summed E-state index contributed by atoms with van der Waals surface area (Å²) in [6.07, 6.45) is 4.99. The third kappa shape index (κ3) is 3.57. The van der Waals surface area contributed by atoms with E-state index in [1.54, 1.807) is 18.5 Å². The van der Waals surface area contributed by atoms with Gasteiger partial charge >= 0.3 is 0 Å². The van der Waals surface area contributed by atoms with Crippen LogP contribution in [-0.2, 0) is 13.1 Å². The second-order valence-corrected chi connectivity index (χ2v) is 4.44. The molecule has 2 rings (SSSR count). The number of rotatable bonds is 4. The van der Waals surface area contributed by atoms with Crippen LogP contribution >= 0.6 is 15.9 Å². The first-order valence-corrected chi connectivity index (χ1v) is 5.93. The number of nitrogens with zero attached hydrogens (tertiary/aromatic N) is 2. The first-order valence-electron chi connectivity index (χ1n) is 5.14. The van der Waals surface area contributed by atoms with E-state index in [0.717, 1.165) is 15.6 Å². The van der Waals surface area contributed by atoms with Gasteiger partial charge in [-0.15, -0.1) is 0 Å². The van der Waals surface area contributed by atoms with Gasteiger partial charge in [-0.3, -0.25) is 0 Å². The first-order chi connectivity index (χ1) is 8.25. The standard InChI is InChI=1S/C12H11BrFN3/c13-12-2-1-11(14)3-10(12)7-15-4-9-5-16-8-17-6-9/h1-3,5-6,8,15H,4,7H2. The minimum absolute atomic E-state index is 0.229. The van der Waals surface area contributed by atoms with Crippen LogP contribution in [0.15, 0.2) is 41.4 Å². The molecule has 0 aliphatic carbocycles. The van der Waals surface area contributed by atoms with Crippen LogP contribution in [0.3, 0.4) is 0 Å². The van der Waals surface area contributed by atoms with Gasteiger partial charge in [0.2, 0.25) is 0 Å².